The second-order valence-electron chi connectivity index (χ2n) is 10.9. The standard InChI is InChI=1S/C24H46N6O5S2/c1-23(2,3)27-21(33)25-19(31)17-29-7-8-30(18-20(32)26-22(34)28-24(4,5)6)10-14-37-16-12-35-11-15-36-13-9-29/h7-18H2,1-6H3,(H2,25,27,31,33)(H2,26,28,32,34). The van der Waals surface area contributed by atoms with Gasteiger partial charge in [0.2, 0.25) is 11.8 Å². The van der Waals surface area contributed by atoms with Crippen LogP contribution in [0.15, 0.2) is 0 Å². The summed E-state index contributed by atoms with van der Waals surface area (Å²) in [6.45, 7) is 15.0. The molecule has 13 heteroatoms. The molecule has 1 heterocycles. The third-order valence-corrected chi connectivity index (χ3v) is 6.65. The average Bonchev–Trinajstić information content (AvgIpc) is 2.72. The van der Waals surface area contributed by atoms with E-state index in [1.807, 2.05) is 51.3 Å². The van der Waals surface area contributed by atoms with Crippen LogP contribution >= 0.6 is 23.5 Å². The van der Waals surface area contributed by atoms with Crippen molar-refractivity contribution < 1.29 is 23.9 Å². The zero-order chi connectivity index (χ0) is 27.9. The minimum absolute atomic E-state index is 0.0669. The van der Waals surface area contributed by atoms with E-state index in [0.29, 0.717) is 39.4 Å². The second-order valence-corrected chi connectivity index (χ2v) is 13.3. The van der Waals surface area contributed by atoms with Crippen molar-refractivity contribution in [1.82, 2.24) is 31.1 Å². The molecule has 1 aliphatic heterocycles. The monoisotopic (exact) mass is 562 g/mol. The van der Waals surface area contributed by atoms with Gasteiger partial charge in [0, 0.05) is 60.3 Å². The molecule has 0 unspecified atom stereocenters. The highest BCUT2D eigenvalue weighted by atomic mass is 32.2. The lowest BCUT2D eigenvalue weighted by atomic mass is 10.1. The van der Waals surface area contributed by atoms with Gasteiger partial charge >= 0.3 is 12.1 Å². The van der Waals surface area contributed by atoms with Crippen LogP contribution in [0.1, 0.15) is 41.5 Å². The van der Waals surface area contributed by atoms with Crippen molar-refractivity contribution >= 4 is 47.4 Å². The molecule has 0 aromatic carbocycles. The van der Waals surface area contributed by atoms with Crippen molar-refractivity contribution in [3.63, 3.8) is 0 Å². The molecule has 0 aromatic rings. The Kier molecular flexibility index (Phi) is 15.5. The molecule has 11 nitrogen and oxygen atoms in total. The van der Waals surface area contributed by atoms with E-state index >= 15 is 0 Å². The number of carbonyl (C=O) groups excluding carboxylic acids is 4. The molecule has 214 valence electrons. The van der Waals surface area contributed by atoms with E-state index in [2.05, 4.69) is 21.3 Å². The van der Waals surface area contributed by atoms with Crippen LogP contribution < -0.4 is 21.3 Å². The summed E-state index contributed by atoms with van der Waals surface area (Å²) in [5, 5.41) is 10.2. The number of nitrogens with zero attached hydrogens (tertiary/aromatic N) is 2. The van der Waals surface area contributed by atoms with Gasteiger partial charge in [-0.1, -0.05) is 0 Å². The average molecular weight is 563 g/mol. The molecule has 0 saturated carbocycles. The zero-order valence-corrected chi connectivity index (χ0v) is 24.9. The Morgan fingerprint density at radius 1 is 0.649 bits per heavy atom. The largest absolute Gasteiger partial charge is 0.380 e. The Balaban J connectivity index is 2.77. The highest BCUT2D eigenvalue weighted by Gasteiger charge is 2.20. The second kappa shape index (κ2) is 17.1. The maximum Gasteiger partial charge on any atom is 0.321 e. The number of amides is 6. The molecule has 1 rings (SSSR count). The number of hydrogen-bond donors (Lipinski definition) is 4. The molecular formula is C24H46N6O5S2. The molecule has 6 amide bonds. The number of carbonyl (C=O) groups is 4. The molecule has 37 heavy (non-hydrogen) atoms. The minimum atomic E-state index is -0.522. The van der Waals surface area contributed by atoms with Gasteiger partial charge in [-0.2, -0.15) is 23.5 Å². The SMILES string of the molecule is CC(C)(C)NC(=O)NC(=O)CN1CCSCCOCCSCCN(CC(=O)NC(=O)NC(C)(C)C)CC1. The Morgan fingerprint density at radius 2 is 1.03 bits per heavy atom. The van der Waals surface area contributed by atoms with E-state index in [-0.39, 0.29) is 24.9 Å². The molecule has 1 aliphatic rings. The number of imide groups is 2. The first-order chi connectivity index (χ1) is 17.2. The third kappa shape index (κ3) is 19.2. The van der Waals surface area contributed by atoms with E-state index < -0.39 is 23.1 Å². The topological polar surface area (TPSA) is 132 Å². The molecule has 0 radical (unpaired) electrons. The van der Waals surface area contributed by atoms with Gasteiger partial charge in [-0.3, -0.25) is 30.0 Å². The lowest BCUT2D eigenvalue weighted by Gasteiger charge is -2.27. The summed E-state index contributed by atoms with van der Waals surface area (Å²) in [7, 11) is 0. The van der Waals surface area contributed by atoms with Crippen LogP contribution in [0.4, 0.5) is 9.59 Å². The van der Waals surface area contributed by atoms with Crippen molar-refractivity contribution in [2.24, 2.45) is 0 Å². The first-order valence-corrected chi connectivity index (χ1v) is 15.0. The van der Waals surface area contributed by atoms with Crippen LogP contribution in [-0.4, -0.2) is 120 Å². The summed E-state index contributed by atoms with van der Waals surface area (Å²) in [4.78, 5) is 53.3. The molecule has 0 aromatic heterocycles. The Labute approximate surface area is 230 Å². The highest BCUT2D eigenvalue weighted by Crippen LogP contribution is 2.06. The molecule has 1 saturated heterocycles. The van der Waals surface area contributed by atoms with Crippen molar-refractivity contribution in [3.8, 4) is 0 Å². The lowest BCUT2D eigenvalue weighted by molar-refractivity contribution is -0.122. The summed E-state index contributed by atoms with van der Waals surface area (Å²) in [5.41, 5.74) is -0.898. The molecule has 0 bridgehead atoms. The first-order valence-electron chi connectivity index (χ1n) is 12.7. The van der Waals surface area contributed by atoms with Gasteiger partial charge < -0.3 is 15.4 Å². The lowest BCUT2D eigenvalue weighted by Crippen LogP contribution is -2.52. The third-order valence-electron chi connectivity index (χ3n) is 4.80. The van der Waals surface area contributed by atoms with E-state index in [0.717, 1.165) is 23.0 Å². The zero-order valence-electron chi connectivity index (χ0n) is 23.2. The van der Waals surface area contributed by atoms with Crippen molar-refractivity contribution in [3.05, 3.63) is 0 Å². The summed E-state index contributed by atoms with van der Waals surface area (Å²) in [6, 6.07) is -1.04. The van der Waals surface area contributed by atoms with Crippen molar-refractivity contribution in [2.75, 3.05) is 75.5 Å². The number of ether oxygens (including phenoxy) is 1. The number of urea groups is 2. The van der Waals surface area contributed by atoms with Crippen LogP contribution in [0.5, 0.6) is 0 Å². The van der Waals surface area contributed by atoms with Crippen LogP contribution in [0.2, 0.25) is 0 Å². The van der Waals surface area contributed by atoms with Crippen molar-refractivity contribution in [2.45, 2.75) is 52.6 Å². The van der Waals surface area contributed by atoms with E-state index in [9.17, 15) is 19.2 Å². The smallest absolute Gasteiger partial charge is 0.321 e. The molecule has 0 spiro atoms. The van der Waals surface area contributed by atoms with Crippen LogP contribution in [-0.2, 0) is 14.3 Å². The fourth-order valence-corrected chi connectivity index (χ4v) is 4.89. The van der Waals surface area contributed by atoms with Gasteiger partial charge in [0.15, 0.2) is 0 Å². The number of thioether (sulfide) groups is 2. The predicted molar refractivity (Wildman–Crippen MR) is 151 cm³/mol. The predicted octanol–water partition coefficient (Wildman–Crippen LogP) is 1.34. The van der Waals surface area contributed by atoms with E-state index in [1.54, 1.807) is 23.5 Å². The maximum absolute atomic E-state index is 12.6. The fourth-order valence-electron chi connectivity index (χ4n) is 3.23. The molecule has 0 aliphatic carbocycles. The van der Waals surface area contributed by atoms with Gasteiger partial charge in [0.1, 0.15) is 0 Å². The Bertz CT molecular complexity index is 682. The van der Waals surface area contributed by atoms with Gasteiger partial charge in [-0.25, -0.2) is 9.59 Å². The van der Waals surface area contributed by atoms with Gasteiger partial charge in [0.05, 0.1) is 26.3 Å². The van der Waals surface area contributed by atoms with Crippen LogP contribution in [0.25, 0.3) is 0 Å². The quantitative estimate of drug-likeness (QED) is 0.401. The molecular weight excluding hydrogens is 516 g/mol. The first kappa shape index (κ1) is 33.5. The summed E-state index contributed by atoms with van der Waals surface area (Å²) < 4.78 is 5.67. The fraction of sp³-hybridized carbons (Fsp3) is 0.833. The van der Waals surface area contributed by atoms with Crippen LogP contribution in [0.3, 0.4) is 0 Å². The normalized spacial score (nSPS) is 18.1. The number of hydrogen-bond acceptors (Lipinski definition) is 9. The molecule has 4 N–H and O–H groups in total. The highest BCUT2D eigenvalue weighted by molar-refractivity contribution is 7.99. The Hall–Kier alpha value is -1.54. The van der Waals surface area contributed by atoms with Crippen LogP contribution in [0, 0.1) is 0 Å². The number of nitrogens with one attached hydrogen (secondary N) is 4. The summed E-state index contributed by atoms with van der Waals surface area (Å²) in [6.07, 6.45) is 0. The van der Waals surface area contributed by atoms with E-state index in [1.165, 1.54) is 0 Å². The van der Waals surface area contributed by atoms with Crippen molar-refractivity contribution in [1.29, 1.82) is 0 Å². The Morgan fingerprint density at radius 3 is 1.38 bits per heavy atom. The molecule has 1 fully saturated rings. The maximum atomic E-state index is 12.6. The summed E-state index contributed by atoms with van der Waals surface area (Å²) in [5.74, 6) is 2.61. The molecule has 0 atom stereocenters. The van der Waals surface area contributed by atoms with Gasteiger partial charge in [-0.15, -0.1) is 0 Å². The van der Waals surface area contributed by atoms with E-state index in [4.69, 9.17) is 4.74 Å². The minimum Gasteiger partial charge on any atom is -0.380 e. The summed E-state index contributed by atoms with van der Waals surface area (Å²) >= 11 is 3.51. The van der Waals surface area contributed by atoms with Gasteiger partial charge in [-0.05, 0) is 41.5 Å². The number of rotatable bonds is 4. The van der Waals surface area contributed by atoms with Gasteiger partial charge in [0.25, 0.3) is 0 Å².